The summed E-state index contributed by atoms with van der Waals surface area (Å²) >= 11 is 0. The molecule has 160 valence electrons. The van der Waals surface area contributed by atoms with Crippen LogP contribution >= 0.6 is 0 Å². The number of benzene rings is 2. The maximum Gasteiger partial charge on any atom is 0.338 e. The van der Waals surface area contributed by atoms with E-state index in [1.54, 1.807) is 13.0 Å². The molecular weight excluding hydrogens is 404 g/mol. The molecule has 2 amide bonds. The number of hydrogen-bond donors (Lipinski definition) is 0. The second kappa shape index (κ2) is 8.27. The minimum Gasteiger partial charge on any atom is -0.454 e. The average Bonchev–Trinajstić information content (AvgIpc) is 3.36. The number of fused-ring (bicyclic) bond motifs is 1. The van der Waals surface area contributed by atoms with Gasteiger partial charge in [0.05, 0.1) is 34.3 Å². The van der Waals surface area contributed by atoms with Gasteiger partial charge in [-0.25, -0.2) is 4.79 Å². The van der Waals surface area contributed by atoms with E-state index in [1.165, 1.54) is 36.4 Å². The third-order valence-electron chi connectivity index (χ3n) is 5.45. The van der Waals surface area contributed by atoms with Crippen molar-refractivity contribution in [2.75, 3.05) is 13.2 Å². The standard InChI is InChI=1S/C22H20N2O7/c1-13(14-4-2-5-16(10-14)24(28)29)31-22(27)15-7-8-18-19(11-15)21(26)23(20(18)25)12-17-6-3-9-30-17/h2,4-5,7-8,10-11,13,17H,3,6,9,12H2,1H3/t13-,17+/m1/s1. The van der Waals surface area contributed by atoms with Gasteiger partial charge in [-0.3, -0.25) is 24.6 Å². The number of amides is 2. The van der Waals surface area contributed by atoms with Crippen molar-refractivity contribution in [1.82, 2.24) is 4.90 Å². The molecule has 0 aromatic heterocycles. The van der Waals surface area contributed by atoms with Crippen LogP contribution in [-0.2, 0) is 9.47 Å². The fourth-order valence-corrected chi connectivity index (χ4v) is 3.76. The Kier molecular flexibility index (Phi) is 5.51. The molecule has 2 heterocycles. The number of rotatable bonds is 6. The zero-order chi connectivity index (χ0) is 22.1. The Morgan fingerprint density at radius 3 is 2.71 bits per heavy atom. The monoisotopic (exact) mass is 424 g/mol. The first-order valence-electron chi connectivity index (χ1n) is 9.92. The van der Waals surface area contributed by atoms with Gasteiger partial charge in [0.15, 0.2) is 0 Å². The fourth-order valence-electron chi connectivity index (χ4n) is 3.76. The molecule has 1 fully saturated rings. The van der Waals surface area contributed by atoms with Crippen LogP contribution in [0.15, 0.2) is 42.5 Å². The second-order valence-electron chi connectivity index (χ2n) is 7.52. The largest absolute Gasteiger partial charge is 0.454 e. The Bertz CT molecular complexity index is 1080. The number of esters is 1. The van der Waals surface area contributed by atoms with Crippen LogP contribution < -0.4 is 0 Å². The first kappa shape index (κ1) is 20.7. The lowest BCUT2D eigenvalue weighted by Crippen LogP contribution is -2.36. The Morgan fingerprint density at radius 1 is 1.23 bits per heavy atom. The van der Waals surface area contributed by atoms with Crippen LogP contribution in [0.1, 0.15) is 62.5 Å². The van der Waals surface area contributed by atoms with E-state index in [1.807, 2.05) is 0 Å². The number of non-ortho nitro benzene ring substituents is 1. The quantitative estimate of drug-likeness (QED) is 0.302. The zero-order valence-corrected chi connectivity index (χ0v) is 16.8. The SMILES string of the molecule is C[C@@H](OC(=O)c1ccc2c(c1)C(=O)N(C[C@@H]1CCCO1)C2=O)c1cccc([N+](=O)[O-])c1. The number of imide groups is 1. The van der Waals surface area contributed by atoms with E-state index in [4.69, 9.17) is 9.47 Å². The predicted molar refractivity (Wildman–Crippen MR) is 108 cm³/mol. The van der Waals surface area contributed by atoms with Crippen molar-refractivity contribution in [3.8, 4) is 0 Å². The summed E-state index contributed by atoms with van der Waals surface area (Å²) in [6.45, 7) is 2.41. The topological polar surface area (TPSA) is 116 Å². The van der Waals surface area contributed by atoms with E-state index >= 15 is 0 Å². The van der Waals surface area contributed by atoms with E-state index in [2.05, 4.69) is 0 Å². The number of hydrogen-bond acceptors (Lipinski definition) is 7. The highest BCUT2D eigenvalue weighted by Crippen LogP contribution is 2.28. The molecule has 9 heteroatoms. The highest BCUT2D eigenvalue weighted by Gasteiger charge is 2.38. The lowest BCUT2D eigenvalue weighted by molar-refractivity contribution is -0.385. The number of ether oxygens (including phenoxy) is 2. The number of nitrogens with zero attached hydrogens (tertiary/aromatic N) is 2. The molecule has 0 aliphatic carbocycles. The lowest BCUT2D eigenvalue weighted by Gasteiger charge is -2.17. The van der Waals surface area contributed by atoms with Gasteiger partial charge < -0.3 is 9.47 Å². The van der Waals surface area contributed by atoms with E-state index in [9.17, 15) is 24.5 Å². The molecule has 0 N–H and O–H groups in total. The summed E-state index contributed by atoms with van der Waals surface area (Å²) in [6, 6.07) is 10.1. The van der Waals surface area contributed by atoms with Crippen LogP contribution in [0.25, 0.3) is 0 Å². The molecule has 2 aromatic rings. The van der Waals surface area contributed by atoms with Crippen LogP contribution in [-0.4, -0.2) is 46.9 Å². The maximum atomic E-state index is 12.7. The lowest BCUT2D eigenvalue weighted by atomic mass is 10.1. The fraction of sp³-hybridized carbons (Fsp3) is 0.318. The third-order valence-corrected chi connectivity index (χ3v) is 5.45. The molecule has 0 spiro atoms. The predicted octanol–water partition coefficient (Wildman–Crippen LogP) is 3.29. The Morgan fingerprint density at radius 2 is 2.00 bits per heavy atom. The smallest absolute Gasteiger partial charge is 0.338 e. The molecule has 9 nitrogen and oxygen atoms in total. The second-order valence-corrected chi connectivity index (χ2v) is 7.52. The molecule has 1 saturated heterocycles. The van der Waals surface area contributed by atoms with Gasteiger partial charge in [-0.1, -0.05) is 12.1 Å². The summed E-state index contributed by atoms with van der Waals surface area (Å²) in [7, 11) is 0. The molecule has 0 bridgehead atoms. The summed E-state index contributed by atoms with van der Waals surface area (Å²) in [5.41, 5.74) is 0.883. The number of carbonyl (C=O) groups is 3. The van der Waals surface area contributed by atoms with Crippen molar-refractivity contribution in [2.45, 2.75) is 32.0 Å². The highest BCUT2D eigenvalue weighted by atomic mass is 16.6. The average molecular weight is 424 g/mol. The van der Waals surface area contributed by atoms with Crippen molar-refractivity contribution < 1.29 is 28.8 Å². The van der Waals surface area contributed by atoms with E-state index in [-0.39, 0.29) is 35.0 Å². The normalized spacial score (nSPS) is 18.7. The molecule has 2 aromatic carbocycles. The van der Waals surface area contributed by atoms with Crippen molar-refractivity contribution in [1.29, 1.82) is 0 Å². The molecule has 2 aliphatic rings. The number of nitro groups is 1. The van der Waals surface area contributed by atoms with Gasteiger partial charge in [0.1, 0.15) is 6.10 Å². The molecule has 0 radical (unpaired) electrons. The molecular formula is C22H20N2O7. The molecule has 2 aliphatic heterocycles. The number of nitro benzene ring substituents is 1. The van der Waals surface area contributed by atoms with E-state index in [0.717, 1.165) is 17.7 Å². The first-order chi connectivity index (χ1) is 14.8. The van der Waals surface area contributed by atoms with Crippen molar-refractivity contribution in [3.63, 3.8) is 0 Å². The molecule has 4 rings (SSSR count). The third kappa shape index (κ3) is 4.04. The Labute approximate surface area is 177 Å². The van der Waals surface area contributed by atoms with E-state index in [0.29, 0.717) is 12.2 Å². The summed E-state index contributed by atoms with van der Waals surface area (Å²) in [5.74, 6) is -1.56. The van der Waals surface area contributed by atoms with Crippen LogP contribution in [0.3, 0.4) is 0 Å². The van der Waals surface area contributed by atoms with Gasteiger partial charge in [0.25, 0.3) is 17.5 Å². The van der Waals surface area contributed by atoms with Gasteiger partial charge in [-0.15, -0.1) is 0 Å². The van der Waals surface area contributed by atoms with Crippen LogP contribution in [0.4, 0.5) is 5.69 Å². The minimum absolute atomic E-state index is 0.103. The molecule has 0 unspecified atom stereocenters. The van der Waals surface area contributed by atoms with Gasteiger partial charge in [-0.2, -0.15) is 0 Å². The Hall–Kier alpha value is -3.59. The van der Waals surface area contributed by atoms with Gasteiger partial charge in [0, 0.05) is 18.7 Å². The summed E-state index contributed by atoms with van der Waals surface area (Å²) in [4.78, 5) is 49.5. The number of carbonyl (C=O) groups excluding carboxylic acids is 3. The van der Waals surface area contributed by atoms with Crippen molar-refractivity contribution in [3.05, 3.63) is 74.8 Å². The first-order valence-corrected chi connectivity index (χ1v) is 9.92. The van der Waals surface area contributed by atoms with Gasteiger partial charge in [0.2, 0.25) is 0 Å². The molecule has 31 heavy (non-hydrogen) atoms. The van der Waals surface area contributed by atoms with Crippen molar-refractivity contribution in [2.24, 2.45) is 0 Å². The van der Waals surface area contributed by atoms with Gasteiger partial charge in [-0.05, 0) is 43.5 Å². The van der Waals surface area contributed by atoms with E-state index < -0.39 is 28.8 Å². The van der Waals surface area contributed by atoms with Crippen molar-refractivity contribution >= 4 is 23.5 Å². The van der Waals surface area contributed by atoms with Crippen LogP contribution in [0.2, 0.25) is 0 Å². The zero-order valence-electron chi connectivity index (χ0n) is 16.8. The van der Waals surface area contributed by atoms with Crippen LogP contribution in [0.5, 0.6) is 0 Å². The Balaban J connectivity index is 1.49. The minimum atomic E-state index is -0.742. The summed E-state index contributed by atoms with van der Waals surface area (Å²) < 4.78 is 10.9. The van der Waals surface area contributed by atoms with Gasteiger partial charge >= 0.3 is 5.97 Å². The maximum absolute atomic E-state index is 12.7. The summed E-state index contributed by atoms with van der Waals surface area (Å²) in [5, 5.41) is 10.9. The molecule has 2 atom stereocenters. The molecule has 0 saturated carbocycles. The summed E-state index contributed by atoms with van der Waals surface area (Å²) in [6.07, 6.45) is 0.782. The van der Waals surface area contributed by atoms with Crippen LogP contribution in [0, 0.1) is 10.1 Å². The highest BCUT2D eigenvalue weighted by molar-refractivity contribution is 6.22.